The molecule has 0 aliphatic rings. The van der Waals surface area contributed by atoms with E-state index in [1.54, 1.807) is 13.0 Å². The fourth-order valence-corrected chi connectivity index (χ4v) is 1.94. The van der Waals surface area contributed by atoms with Crippen LogP contribution in [0.4, 0.5) is 4.39 Å². The first kappa shape index (κ1) is 17.5. The Balaban J connectivity index is 0.00000289. The lowest BCUT2D eigenvalue weighted by atomic mass is 10.0. The molecule has 0 fully saturated rings. The molecule has 18 heavy (non-hydrogen) atoms. The lowest BCUT2D eigenvalue weighted by molar-refractivity contribution is 0.321. The normalized spacial score (nSPS) is 11.8. The summed E-state index contributed by atoms with van der Waals surface area (Å²) < 4.78 is 18.9. The average molecular weight is 296 g/mol. The van der Waals surface area contributed by atoms with Crippen LogP contribution >= 0.6 is 24.0 Å². The van der Waals surface area contributed by atoms with E-state index in [4.69, 9.17) is 22.1 Å². The fraction of sp³-hybridized carbons (Fsp3) is 0.538. The number of nitrogens with two attached hydrogens (primary N) is 1. The van der Waals surface area contributed by atoms with E-state index in [0.717, 1.165) is 24.8 Å². The molecule has 1 atom stereocenters. The Morgan fingerprint density at radius 2 is 2.06 bits per heavy atom. The number of hydrogen-bond acceptors (Lipinski definition) is 2. The van der Waals surface area contributed by atoms with E-state index >= 15 is 0 Å². The zero-order chi connectivity index (χ0) is 12.8. The summed E-state index contributed by atoms with van der Waals surface area (Å²) >= 11 is 5.97. The zero-order valence-electron chi connectivity index (χ0n) is 10.7. The van der Waals surface area contributed by atoms with Crippen LogP contribution in [0.2, 0.25) is 5.02 Å². The van der Waals surface area contributed by atoms with Gasteiger partial charge in [-0.3, -0.25) is 0 Å². The number of benzene rings is 1. The summed E-state index contributed by atoms with van der Waals surface area (Å²) in [6, 6.07) is 2.94. The largest absolute Gasteiger partial charge is 0.489 e. The van der Waals surface area contributed by atoms with Gasteiger partial charge in [-0.05, 0) is 31.0 Å². The fourth-order valence-electron chi connectivity index (χ4n) is 1.67. The molecule has 0 heterocycles. The van der Waals surface area contributed by atoms with Crippen molar-refractivity contribution in [2.24, 2.45) is 5.73 Å². The van der Waals surface area contributed by atoms with Gasteiger partial charge in [-0.25, -0.2) is 4.39 Å². The SMILES string of the molecule is CCCC[C@H](N)c1cc(F)c(OCC)c(Cl)c1.Cl. The Labute approximate surface area is 119 Å². The molecule has 0 spiro atoms. The van der Waals surface area contributed by atoms with Gasteiger partial charge in [0, 0.05) is 6.04 Å². The van der Waals surface area contributed by atoms with E-state index in [1.807, 2.05) is 0 Å². The molecular formula is C13H20Cl2FNO. The topological polar surface area (TPSA) is 35.2 Å². The van der Waals surface area contributed by atoms with E-state index in [2.05, 4.69) is 6.92 Å². The molecule has 0 unspecified atom stereocenters. The minimum atomic E-state index is -0.443. The molecule has 5 heteroatoms. The van der Waals surface area contributed by atoms with Crippen LogP contribution < -0.4 is 10.5 Å². The second kappa shape index (κ2) is 8.57. The molecule has 2 nitrogen and oxygen atoms in total. The van der Waals surface area contributed by atoms with Crippen LogP contribution in [0, 0.1) is 5.82 Å². The van der Waals surface area contributed by atoms with Crippen molar-refractivity contribution < 1.29 is 9.13 Å². The molecule has 1 rings (SSSR count). The highest BCUT2D eigenvalue weighted by atomic mass is 35.5. The van der Waals surface area contributed by atoms with Gasteiger partial charge in [0.05, 0.1) is 11.6 Å². The molecule has 0 bridgehead atoms. The highest BCUT2D eigenvalue weighted by Gasteiger charge is 2.14. The van der Waals surface area contributed by atoms with E-state index in [1.165, 1.54) is 6.07 Å². The number of hydrogen-bond donors (Lipinski definition) is 1. The van der Waals surface area contributed by atoms with Gasteiger partial charge >= 0.3 is 0 Å². The van der Waals surface area contributed by atoms with Gasteiger partial charge in [0.1, 0.15) is 0 Å². The van der Waals surface area contributed by atoms with Gasteiger partial charge in [-0.15, -0.1) is 12.4 Å². The Hall–Kier alpha value is -0.510. The van der Waals surface area contributed by atoms with Gasteiger partial charge in [0.2, 0.25) is 0 Å². The standard InChI is InChI=1S/C13H19ClFNO.ClH/c1-3-5-6-12(16)9-7-10(14)13(17-4-2)11(15)8-9;/h7-8,12H,3-6,16H2,1-2H3;1H/t12-;/m0./s1. The number of unbranched alkanes of at least 4 members (excludes halogenated alkanes) is 1. The molecule has 0 aliphatic carbocycles. The monoisotopic (exact) mass is 295 g/mol. The van der Waals surface area contributed by atoms with Gasteiger partial charge in [0.25, 0.3) is 0 Å². The molecule has 1 aromatic carbocycles. The van der Waals surface area contributed by atoms with Crippen LogP contribution in [0.5, 0.6) is 5.75 Å². The van der Waals surface area contributed by atoms with Crippen molar-refractivity contribution >= 4 is 24.0 Å². The van der Waals surface area contributed by atoms with Crippen LogP contribution in [0.15, 0.2) is 12.1 Å². The van der Waals surface area contributed by atoms with Gasteiger partial charge in [-0.2, -0.15) is 0 Å². The predicted octanol–water partition coefficient (Wildman–Crippen LogP) is 4.49. The van der Waals surface area contributed by atoms with Crippen LogP contribution in [0.25, 0.3) is 0 Å². The van der Waals surface area contributed by atoms with Crippen molar-refractivity contribution in [2.45, 2.75) is 39.2 Å². The van der Waals surface area contributed by atoms with E-state index < -0.39 is 5.82 Å². The lowest BCUT2D eigenvalue weighted by Gasteiger charge is -2.14. The molecule has 104 valence electrons. The maximum Gasteiger partial charge on any atom is 0.173 e. The summed E-state index contributed by atoms with van der Waals surface area (Å²) in [6.07, 6.45) is 2.93. The highest BCUT2D eigenvalue weighted by molar-refractivity contribution is 6.32. The maximum absolute atomic E-state index is 13.7. The summed E-state index contributed by atoms with van der Waals surface area (Å²) in [7, 11) is 0. The van der Waals surface area contributed by atoms with Crippen molar-refractivity contribution in [1.82, 2.24) is 0 Å². The number of rotatable bonds is 6. The Bertz CT molecular complexity index is 351. The van der Waals surface area contributed by atoms with Crippen molar-refractivity contribution in [3.63, 3.8) is 0 Å². The predicted molar refractivity (Wildman–Crippen MR) is 76.3 cm³/mol. The van der Waals surface area contributed by atoms with Gasteiger partial charge < -0.3 is 10.5 Å². The highest BCUT2D eigenvalue weighted by Crippen LogP contribution is 2.31. The summed E-state index contributed by atoms with van der Waals surface area (Å²) in [5, 5.41) is 0.286. The maximum atomic E-state index is 13.7. The molecule has 0 saturated heterocycles. The minimum Gasteiger partial charge on any atom is -0.489 e. The van der Waals surface area contributed by atoms with Crippen LogP contribution in [-0.2, 0) is 0 Å². The molecule has 0 amide bonds. The second-order valence-corrected chi connectivity index (χ2v) is 4.40. The first-order valence-electron chi connectivity index (χ1n) is 5.97. The minimum absolute atomic E-state index is 0. The quantitative estimate of drug-likeness (QED) is 0.839. The Kier molecular flexibility index (Phi) is 8.32. The smallest absolute Gasteiger partial charge is 0.173 e. The molecule has 0 aliphatic heterocycles. The third-order valence-electron chi connectivity index (χ3n) is 2.61. The number of halogens is 3. The molecule has 2 N–H and O–H groups in total. The molecule has 0 radical (unpaired) electrons. The Morgan fingerprint density at radius 1 is 1.39 bits per heavy atom. The third-order valence-corrected chi connectivity index (χ3v) is 2.89. The second-order valence-electron chi connectivity index (χ2n) is 4.00. The Morgan fingerprint density at radius 3 is 2.56 bits per heavy atom. The van der Waals surface area contributed by atoms with Crippen LogP contribution in [0.3, 0.4) is 0 Å². The average Bonchev–Trinajstić information content (AvgIpc) is 2.30. The van der Waals surface area contributed by atoms with E-state index in [0.29, 0.717) is 6.61 Å². The summed E-state index contributed by atoms with van der Waals surface area (Å²) in [5.41, 5.74) is 6.70. The molecular weight excluding hydrogens is 276 g/mol. The first-order valence-corrected chi connectivity index (χ1v) is 6.35. The molecule has 0 saturated carbocycles. The zero-order valence-corrected chi connectivity index (χ0v) is 12.3. The lowest BCUT2D eigenvalue weighted by Crippen LogP contribution is -2.11. The first-order chi connectivity index (χ1) is 8.10. The van der Waals surface area contributed by atoms with Crippen LogP contribution in [-0.4, -0.2) is 6.61 Å². The van der Waals surface area contributed by atoms with Gasteiger partial charge in [-0.1, -0.05) is 31.4 Å². The van der Waals surface area contributed by atoms with Crippen molar-refractivity contribution in [1.29, 1.82) is 0 Å². The van der Waals surface area contributed by atoms with Crippen molar-refractivity contribution in [2.75, 3.05) is 6.61 Å². The summed E-state index contributed by atoms with van der Waals surface area (Å²) in [4.78, 5) is 0. The van der Waals surface area contributed by atoms with E-state index in [-0.39, 0.29) is 29.2 Å². The number of ether oxygens (including phenoxy) is 1. The third kappa shape index (κ3) is 4.63. The van der Waals surface area contributed by atoms with Crippen molar-refractivity contribution in [3.8, 4) is 5.75 Å². The van der Waals surface area contributed by atoms with E-state index in [9.17, 15) is 4.39 Å². The molecule has 0 aromatic heterocycles. The summed E-state index contributed by atoms with van der Waals surface area (Å²) in [5.74, 6) is -0.332. The van der Waals surface area contributed by atoms with Crippen molar-refractivity contribution in [3.05, 3.63) is 28.5 Å². The molecule has 1 aromatic rings. The van der Waals surface area contributed by atoms with Gasteiger partial charge in [0.15, 0.2) is 11.6 Å². The van der Waals surface area contributed by atoms with Crippen LogP contribution in [0.1, 0.15) is 44.7 Å². The summed E-state index contributed by atoms with van der Waals surface area (Å²) in [6.45, 7) is 4.27.